The van der Waals surface area contributed by atoms with Gasteiger partial charge in [-0.25, -0.2) is 4.39 Å². The molecule has 0 spiro atoms. The number of halogens is 1. The molecule has 2 aliphatic rings. The standard InChI is InChI=1S/C13H13FO3/c14-9-3-1-8(2-4-9)13(6-17-7-13)11-5-10(11)12(15)16/h1-4,10-11H,5-7H2,(H,15,16). The summed E-state index contributed by atoms with van der Waals surface area (Å²) in [6.45, 7) is 1.10. The third kappa shape index (κ3) is 1.55. The summed E-state index contributed by atoms with van der Waals surface area (Å²) in [4.78, 5) is 10.9. The van der Waals surface area contributed by atoms with E-state index in [1.165, 1.54) is 12.1 Å². The fraction of sp³-hybridized carbons (Fsp3) is 0.462. The second-order valence-electron chi connectivity index (χ2n) is 4.94. The van der Waals surface area contributed by atoms with Crippen molar-refractivity contribution in [3.63, 3.8) is 0 Å². The van der Waals surface area contributed by atoms with Gasteiger partial charge in [0.1, 0.15) is 5.82 Å². The van der Waals surface area contributed by atoms with Crippen LogP contribution in [0.2, 0.25) is 0 Å². The number of rotatable bonds is 3. The van der Waals surface area contributed by atoms with Gasteiger partial charge in [0.2, 0.25) is 0 Å². The van der Waals surface area contributed by atoms with Gasteiger partial charge in [-0.15, -0.1) is 0 Å². The molecule has 2 fully saturated rings. The molecule has 3 rings (SSSR count). The highest BCUT2D eigenvalue weighted by Gasteiger charge is 2.60. The van der Waals surface area contributed by atoms with E-state index in [4.69, 9.17) is 9.84 Å². The molecule has 0 bridgehead atoms. The number of benzene rings is 1. The lowest BCUT2D eigenvalue weighted by molar-refractivity contribution is -0.140. The van der Waals surface area contributed by atoms with Crippen LogP contribution in [-0.2, 0) is 14.9 Å². The smallest absolute Gasteiger partial charge is 0.306 e. The molecule has 0 aromatic heterocycles. The summed E-state index contributed by atoms with van der Waals surface area (Å²) in [5.41, 5.74) is 0.801. The van der Waals surface area contributed by atoms with Gasteiger partial charge in [-0.3, -0.25) is 4.79 Å². The number of aliphatic carboxylic acids is 1. The van der Waals surface area contributed by atoms with Crippen LogP contribution in [0.3, 0.4) is 0 Å². The highest BCUT2D eigenvalue weighted by molar-refractivity contribution is 5.74. The molecule has 1 aromatic rings. The van der Waals surface area contributed by atoms with Crippen LogP contribution in [0.25, 0.3) is 0 Å². The molecule has 1 N–H and O–H groups in total. The Kier molecular flexibility index (Phi) is 2.23. The van der Waals surface area contributed by atoms with E-state index >= 15 is 0 Å². The minimum Gasteiger partial charge on any atom is -0.481 e. The van der Waals surface area contributed by atoms with Crippen molar-refractivity contribution in [3.05, 3.63) is 35.6 Å². The van der Waals surface area contributed by atoms with Gasteiger partial charge < -0.3 is 9.84 Å². The van der Waals surface area contributed by atoms with Gasteiger partial charge in [0.25, 0.3) is 0 Å². The van der Waals surface area contributed by atoms with Crippen LogP contribution in [0.15, 0.2) is 24.3 Å². The molecule has 0 amide bonds. The maximum atomic E-state index is 12.9. The number of carboxylic acid groups (broad SMARTS) is 1. The minimum absolute atomic E-state index is 0.138. The first-order chi connectivity index (χ1) is 8.13. The zero-order valence-electron chi connectivity index (χ0n) is 9.23. The third-order valence-electron chi connectivity index (χ3n) is 3.96. The summed E-state index contributed by atoms with van der Waals surface area (Å²) in [5, 5.41) is 9.00. The van der Waals surface area contributed by atoms with E-state index in [2.05, 4.69) is 0 Å². The Morgan fingerprint density at radius 3 is 2.41 bits per heavy atom. The topological polar surface area (TPSA) is 46.5 Å². The van der Waals surface area contributed by atoms with Crippen molar-refractivity contribution in [3.8, 4) is 0 Å². The number of carboxylic acids is 1. The molecule has 1 aliphatic carbocycles. The summed E-state index contributed by atoms with van der Waals surface area (Å²) >= 11 is 0. The zero-order valence-corrected chi connectivity index (χ0v) is 9.23. The summed E-state index contributed by atoms with van der Waals surface area (Å²) < 4.78 is 18.2. The average Bonchev–Trinajstić information content (AvgIpc) is 3.00. The normalized spacial score (nSPS) is 29.5. The number of hydrogen-bond acceptors (Lipinski definition) is 2. The van der Waals surface area contributed by atoms with Crippen molar-refractivity contribution in [1.82, 2.24) is 0 Å². The first kappa shape index (κ1) is 10.7. The van der Waals surface area contributed by atoms with Gasteiger partial charge >= 0.3 is 5.97 Å². The lowest BCUT2D eigenvalue weighted by Gasteiger charge is -2.42. The van der Waals surface area contributed by atoms with Gasteiger partial charge in [0.05, 0.1) is 19.1 Å². The molecule has 1 aliphatic heterocycles. The third-order valence-corrected chi connectivity index (χ3v) is 3.96. The van der Waals surface area contributed by atoms with Gasteiger partial charge in [-0.1, -0.05) is 12.1 Å². The van der Waals surface area contributed by atoms with Crippen LogP contribution < -0.4 is 0 Å². The van der Waals surface area contributed by atoms with Crippen LogP contribution >= 0.6 is 0 Å². The molecule has 1 heterocycles. The van der Waals surface area contributed by atoms with Crippen LogP contribution in [0, 0.1) is 17.7 Å². The Balaban J connectivity index is 1.88. The summed E-state index contributed by atoms with van der Waals surface area (Å²) in [5.74, 6) is -1.12. The average molecular weight is 236 g/mol. The van der Waals surface area contributed by atoms with E-state index in [9.17, 15) is 9.18 Å². The Bertz CT molecular complexity index is 450. The molecule has 90 valence electrons. The van der Waals surface area contributed by atoms with Crippen molar-refractivity contribution in [2.45, 2.75) is 11.8 Å². The molecule has 2 atom stereocenters. The van der Waals surface area contributed by atoms with E-state index in [0.717, 1.165) is 5.56 Å². The SMILES string of the molecule is O=C(O)C1CC1C1(c2ccc(F)cc2)COC1. The predicted molar refractivity (Wildman–Crippen MR) is 58.1 cm³/mol. The fourth-order valence-electron chi connectivity index (χ4n) is 2.78. The number of carbonyl (C=O) groups is 1. The maximum absolute atomic E-state index is 12.9. The van der Waals surface area contributed by atoms with Gasteiger partial charge in [-0.2, -0.15) is 0 Å². The molecular formula is C13H13FO3. The van der Waals surface area contributed by atoms with Gasteiger partial charge in [0, 0.05) is 5.41 Å². The Hall–Kier alpha value is -1.42. The number of hydrogen-bond donors (Lipinski definition) is 1. The first-order valence-corrected chi connectivity index (χ1v) is 5.70. The fourth-order valence-corrected chi connectivity index (χ4v) is 2.78. The molecule has 1 aromatic carbocycles. The van der Waals surface area contributed by atoms with Crippen LogP contribution in [0.4, 0.5) is 4.39 Å². The molecule has 4 heteroatoms. The lowest BCUT2D eigenvalue weighted by Crippen LogP contribution is -2.49. The van der Waals surface area contributed by atoms with Crippen molar-refractivity contribution in [2.24, 2.45) is 11.8 Å². The van der Waals surface area contributed by atoms with E-state index in [0.29, 0.717) is 19.6 Å². The van der Waals surface area contributed by atoms with Crippen LogP contribution in [0.1, 0.15) is 12.0 Å². The van der Waals surface area contributed by atoms with Crippen molar-refractivity contribution in [2.75, 3.05) is 13.2 Å². The van der Waals surface area contributed by atoms with Gasteiger partial charge in [0.15, 0.2) is 0 Å². The second kappa shape index (κ2) is 3.53. The summed E-state index contributed by atoms with van der Waals surface area (Å²) in [6, 6.07) is 6.34. The predicted octanol–water partition coefficient (Wildman–Crippen LogP) is 1.81. The molecule has 1 saturated carbocycles. The Morgan fingerprint density at radius 2 is 2.00 bits per heavy atom. The molecule has 0 radical (unpaired) electrons. The first-order valence-electron chi connectivity index (χ1n) is 5.70. The highest BCUT2D eigenvalue weighted by Crippen LogP contribution is 2.55. The maximum Gasteiger partial charge on any atom is 0.306 e. The van der Waals surface area contributed by atoms with Crippen LogP contribution in [0.5, 0.6) is 0 Å². The lowest BCUT2D eigenvalue weighted by atomic mass is 9.73. The van der Waals surface area contributed by atoms with Crippen molar-refractivity contribution in [1.29, 1.82) is 0 Å². The summed E-state index contributed by atoms with van der Waals surface area (Å²) in [7, 11) is 0. The van der Waals surface area contributed by atoms with Crippen molar-refractivity contribution < 1.29 is 19.0 Å². The Morgan fingerprint density at radius 1 is 1.35 bits per heavy atom. The largest absolute Gasteiger partial charge is 0.481 e. The summed E-state index contributed by atoms with van der Waals surface area (Å²) in [6.07, 6.45) is 0.704. The molecule has 2 unspecified atom stereocenters. The van der Waals surface area contributed by atoms with E-state index in [1.54, 1.807) is 12.1 Å². The van der Waals surface area contributed by atoms with Crippen molar-refractivity contribution >= 4 is 5.97 Å². The zero-order chi connectivity index (χ0) is 12.0. The molecular weight excluding hydrogens is 223 g/mol. The van der Waals surface area contributed by atoms with E-state index in [1.807, 2.05) is 0 Å². The highest BCUT2D eigenvalue weighted by atomic mass is 19.1. The Labute approximate surface area is 98.2 Å². The quantitative estimate of drug-likeness (QED) is 0.870. The van der Waals surface area contributed by atoms with E-state index < -0.39 is 5.97 Å². The molecule has 3 nitrogen and oxygen atoms in total. The van der Waals surface area contributed by atoms with Crippen LogP contribution in [-0.4, -0.2) is 24.3 Å². The minimum atomic E-state index is -0.733. The monoisotopic (exact) mass is 236 g/mol. The second-order valence-corrected chi connectivity index (χ2v) is 4.94. The van der Waals surface area contributed by atoms with E-state index in [-0.39, 0.29) is 23.1 Å². The van der Waals surface area contributed by atoms with Gasteiger partial charge in [-0.05, 0) is 30.0 Å². The number of ether oxygens (including phenoxy) is 1. The molecule has 17 heavy (non-hydrogen) atoms. The molecule has 1 saturated heterocycles.